The number of hydrogen-bond acceptors (Lipinski definition) is 7. The van der Waals surface area contributed by atoms with Crippen molar-refractivity contribution >= 4 is 11.6 Å². The van der Waals surface area contributed by atoms with E-state index in [9.17, 15) is 22.4 Å². The maximum Gasteiger partial charge on any atom is 0.435 e. The van der Waals surface area contributed by atoms with Gasteiger partial charge in [-0.25, -0.2) is 14.4 Å². The van der Waals surface area contributed by atoms with Crippen molar-refractivity contribution in [2.75, 3.05) is 24.6 Å². The number of halogens is 4. The molecule has 1 atom stereocenters. The smallest absolute Gasteiger partial charge is 0.435 e. The molecule has 0 bridgehead atoms. The van der Waals surface area contributed by atoms with Crippen molar-refractivity contribution in [2.24, 2.45) is 11.7 Å². The lowest BCUT2D eigenvalue weighted by Crippen LogP contribution is -2.56. The molecule has 2 N–H and O–H groups in total. The van der Waals surface area contributed by atoms with Crippen LogP contribution < -0.4 is 15.4 Å². The van der Waals surface area contributed by atoms with Gasteiger partial charge in [0, 0.05) is 74.1 Å². The van der Waals surface area contributed by atoms with Gasteiger partial charge in [-0.3, -0.25) is 9.48 Å². The second-order valence-electron chi connectivity index (χ2n) is 10.7. The predicted molar refractivity (Wildman–Crippen MR) is 146 cm³/mol. The highest BCUT2D eigenvalue weighted by molar-refractivity contribution is 6.04. The zero-order valence-corrected chi connectivity index (χ0v) is 23.0. The van der Waals surface area contributed by atoms with Crippen LogP contribution in [0.1, 0.15) is 40.1 Å². The minimum absolute atomic E-state index is 0.0449. The molecular formula is C29H29F4N7O2. The molecule has 0 spiro atoms. The van der Waals surface area contributed by atoms with Crippen molar-refractivity contribution < 1.29 is 27.1 Å². The number of fused-ring (bicyclic) bond motifs is 1. The summed E-state index contributed by atoms with van der Waals surface area (Å²) in [4.78, 5) is 24.3. The van der Waals surface area contributed by atoms with Gasteiger partial charge in [0.1, 0.15) is 11.6 Å². The van der Waals surface area contributed by atoms with Crippen molar-refractivity contribution in [3.8, 4) is 16.9 Å². The highest BCUT2D eigenvalue weighted by Crippen LogP contribution is 2.44. The number of alkyl halides is 3. The monoisotopic (exact) mass is 583 g/mol. The fraction of sp³-hybridized carbons (Fsp3) is 0.379. The quantitative estimate of drug-likeness (QED) is 0.325. The Hall–Kier alpha value is -4.26. The number of carbonyl (C=O) groups excluding carboxylic acids is 1. The van der Waals surface area contributed by atoms with Crippen LogP contribution in [0.2, 0.25) is 0 Å². The average Bonchev–Trinajstić information content (AvgIpc) is 3.56. The van der Waals surface area contributed by atoms with E-state index in [4.69, 9.17) is 10.5 Å². The van der Waals surface area contributed by atoms with Crippen LogP contribution in [0.15, 0.2) is 42.9 Å². The molecular weight excluding hydrogens is 554 g/mol. The minimum atomic E-state index is -4.72. The van der Waals surface area contributed by atoms with Crippen molar-refractivity contribution in [3.63, 3.8) is 0 Å². The van der Waals surface area contributed by atoms with Gasteiger partial charge in [-0.05, 0) is 43.7 Å². The van der Waals surface area contributed by atoms with Crippen LogP contribution in [0.4, 0.5) is 23.4 Å². The van der Waals surface area contributed by atoms with Crippen LogP contribution in [0.25, 0.3) is 11.1 Å². The third-order valence-corrected chi connectivity index (χ3v) is 7.68. The molecule has 6 rings (SSSR count). The van der Waals surface area contributed by atoms with Crippen molar-refractivity contribution in [1.82, 2.24) is 24.3 Å². The summed E-state index contributed by atoms with van der Waals surface area (Å²) in [5.74, 6) is -0.431. The molecule has 0 saturated carbocycles. The second kappa shape index (κ2) is 10.5. The molecule has 0 amide bonds. The van der Waals surface area contributed by atoms with Crippen molar-refractivity contribution in [1.29, 1.82) is 0 Å². The third-order valence-electron chi connectivity index (χ3n) is 7.68. The number of ketones is 1. The summed E-state index contributed by atoms with van der Waals surface area (Å²) in [7, 11) is 0. The summed E-state index contributed by atoms with van der Waals surface area (Å²) in [5, 5.41) is 3.77. The Morgan fingerprint density at radius 1 is 1.14 bits per heavy atom. The highest BCUT2D eigenvalue weighted by atomic mass is 19.4. The topological polar surface area (TPSA) is 104 Å². The summed E-state index contributed by atoms with van der Waals surface area (Å²) in [6, 6.07) is 6.08. The molecule has 3 aromatic heterocycles. The van der Waals surface area contributed by atoms with Crippen LogP contribution in [0, 0.1) is 18.7 Å². The molecule has 42 heavy (non-hydrogen) atoms. The fourth-order valence-corrected chi connectivity index (χ4v) is 5.45. The lowest BCUT2D eigenvalue weighted by atomic mass is 9.87. The summed E-state index contributed by atoms with van der Waals surface area (Å²) in [6.07, 6.45) is 0.176. The maximum atomic E-state index is 14.5. The van der Waals surface area contributed by atoms with Gasteiger partial charge in [-0.1, -0.05) is 0 Å². The molecule has 1 aromatic carbocycles. The number of Topliss-reactive ketones (excluding diaryl/α,β-unsaturated/α-hetero) is 1. The molecule has 220 valence electrons. The number of ether oxygens (including phenoxy) is 1. The van der Waals surface area contributed by atoms with Crippen molar-refractivity contribution in [3.05, 3.63) is 77.0 Å². The van der Waals surface area contributed by atoms with E-state index in [1.807, 2.05) is 11.5 Å². The van der Waals surface area contributed by atoms with Crippen molar-refractivity contribution in [2.45, 2.75) is 45.6 Å². The average molecular weight is 584 g/mol. The number of rotatable bonds is 7. The molecule has 1 saturated heterocycles. The summed E-state index contributed by atoms with van der Waals surface area (Å²) < 4.78 is 65.8. The van der Waals surface area contributed by atoms with E-state index in [0.29, 0.717) is 30.2 Å². The van der Waals surface area contributed by atoms with E-state index >= 15 is 0 Å². The molecule has 1 fully saturated rings. The molecule has 13 heteroatoms. The van der Waals surface area contributed by atoms with E-state index in [-0.39, 0.29) is 66.2 Å². The Morgan fingerprint density at radius 3 is 2.57 bits per heavy atom. The van der Waals surface area contributed by atoms with Crippen LogP contribution in [-0.2, 0) is 25.7 Å². The van der Waals surface area contributed by atoms with Gasteiger partial charge in [0.15, 0.2) is 23.1 Å². The Balaban J connectivity index is 1.39. The van der Waals surface area contributed by atoms with Gasteiger partial charge in [-0.15, -0.1) is 0 Å². The zero-order valence-electron chi connectivity index (χ0n) is 23.0. The van der Waals surface area contributed by atoms with Gasteiger partial charge >= 0.3 is 6.18 Å². The van der Waals surface area contributed by atoms with E-state index in [0.717, 1.165) is 0 Å². The van der Waals surface area contributed by atoms with Gasteiger partial charge in [0.2, 0.25) is 0 Å². The normalized spacial score (nSPS) is 17.3. The van der Waals surface area contributed by atoms with Gasteiger partial charge in [0.25, 0.3) is 0 Å². The third kappa shape index (κ3) is 5.13. The van der Waals surface area contributed by atoms with E-state index in [1.165, 1.54) is 23.0 Å². The lowest BCUT2D eigenvalue weighted by molar-refractivity contribution is -0.141. The molecule has 2 aliphatic rings. The van der Waals surface area contributed by atoms with Crippen LogP contribution in [0.5, 0.6) is 5.75 Å². The second-order valence-corrected chi connectivity index (χ2v) is 10.7. The largest absolute Gasteiger partial charge is 0.491 e. The number of nitrogens with two attached hydrogens (primary N) is 1. The SMILES string of the molecule is CCn1cc(-c2cc(Cn3ccnc3C)cc3c2OC[C@@H](Cc2ccc(F)c(N4CC(N)C4)n2)C3=O)c(C(F)(F)F)n1. The van der Waals surface area contributed by atoms with Gasteiger partial charge in [-0.2, -0.15) is 18.3 Å². The minimum Gasteiger partial charge on any atom is -0.491 e. The summed E-state index contributed by atoms with van der Waals surface area (Å²) >= 11 is 0. The first-order valence-corrected chi connectivity index (χ1v) is 13.6. The number of pyridine rings is 1. The molecule has 9 nitrogen and oxygen atoms in total. The van der Waals surface area contributed by atoms with Crippen LogP contribution in [0.3, 0.4) is 0 Å². The van der Waals surface area contributed by atoms with E-state index in [2.05, 4.69) is 15.1 Å². The fourth-order valence-electron chi connectivity index (χ4n) is 5.45. The number of benzene rings is 1. The number of carbonyl (C=O) groups is 1. The molecule has 5 heterocycles. The van der Waals surface area contributed by atoms with Crippen LogP contribution >= 0.6 is 0 Å². The number of aromatic nitrogens is 5. The van der Waals surface area contributed by atoms with E-state index in [1.54, 1.807) is 36.4 Å². The molecule has 0 aliphatic carbocycles. The lowest BCUT2D eigenvalue weighted by Gasteiger charge is -2.38. The number of nitrogens with zero attached hydrogens (tertiary/aromatic N) is 6. The summed E-state index contributed by atoms with van der Waals surface area (Å²) in [6.45, 7) is 4.94. The summed E-state index contributed by atoms with van der Waals surface area (Å²) in [5.41, 5.74) is 6.08. The Bertz CT molecular complexity index is 1660. The van der Waals surface area contributed by atoms with Gasteiger partial charge in [0.05, 0.1) is 18.1 Å². The molecule has 2 aliphatic heterocycles. The first kappa shape index (κ1) is 27.9. The van der Waals surface area contributed by atoms with Crippen LogP contribution in [-0.4, -0.2) is 55.8 Å². The maximum absolute atomic E-state index is 14.5. The first-order valence-electron chi connectivity index (χ1n) is 13.6. The Labute approximate surface area is 238 Å². The van der Waals surface area contributed by atoms with Gasteiger partial charge < -0.3 is 19.9 Å². The molecule has 4 aromatic rings. The first-order chi connectivity index (χ1) is 20.0. The highest BCUT2D eigenvalue weighted by Gasteiger charge is 2.40. The Morgan fingerprint density at radius 2 is 1.90 bits per heavy atom. The Kier molecular flexibility index (Phi) is 7.00. The number of anilines is 1. The number of imidazole rings is 1. The zero-order chi connectivity index (χ0) is 29.8. The standard InChI is InChI=1S/C29H29F4N7O2/c1-3-40-14-23(27(37-40)29(31,32)33)21-8-17(11-38-7-6-35-16(38)2)9-22-25(41)18(15-42-26(21)22)10-20-4-5-24(30)28(36-20)39-12-19(34)13-39/h4-9,14,18-19H,3,10-13,15,34H2,1-2H3/t18-/m1/s1. The molecule has 0 unspecified atom stereocenters. The number of hydrogen-bond donors (Lipinski definition) is 1. The molecule has 0 radical (unpaired) electrons. The number of aryl methyl sites for hydroxylation is 2. The van der Waals surface area contributed by atoms with E-state index < -0.39 is 23.6 Å². The predicted octanol–water partition coefficient (Wildman–Crippen LogP) is 4.26.